The van der Waals surface area contributed by atoms with Crippen LogP contribution in [-0.2, 0) is 21.4 Å². The maximum absolute atomic E-state index is 12.3. The summed E-state index contributed by atoms with van der Waals surface area (Å²) < 4.78 is 25.5. The van der Waals surface area contributed by atoms with E-state index in [2.05, 4.69) is 20.5 Å². The van der Waals surface area contributed by atoms with Gasteiger partial charge in [0.15, 0.2) is 0 Å². The van der Waals surface area contributed by atoms with Gasteiger partial charge in [0.05, 0.1) is 6.54 Å². The lowest BCUT2D eigenvalue weighted by molar-refractivity contribution is -0.114. The number of hydrogen-bond acceptors (Lipinski definition) is 8. The van der Waals surface area contributed by atoms with Crippen molar-refractivity contribution in [2.75, 3.05) is 12.4 Å². The quantitative estimate of drug-likeness (QED) is 0.810. The number of aromatic nitrogens is 3. The Balaban J connectivity index is 2.16. The van der Waals surface area contributed by atoms with E-state index in [0.29, 0.717) is 5.01 Å². The third kappa shape index (κ3) is 3.36. The maximum Gasteiger partial charge on any atom is 0.272 e. The Labute approximate surface area is 123 Å². The lowest BCUT2D eigenvalue weighted by atomic mass is 10.7. The summed E-state index contributed by atoms with van der Waals surface area (Å²) in [5.74, 6) is -0.332. The summed E-state index contributed by atoms with van der Waals surface area (Å²) in [5, 5.41) is 12.2. The predicted molar refractivity (Wildman–Crippen MR) is 75.0 cm³/mol. The molecule has 0 unspecified atom stereocenters. The highest BCUT2D eigenvalue weighted by atomic mass is 32.2. The van der Waals surface area contributed by atoms with E-state index < -0.39 is 10.0 Å². The van der Waals surface area contributed by atoms with Gasteiger partial charge in [0.25, 0.3) is 10.0 Å². The number of rotatable bonds is 5. The van der Waals surface area contributed by atoms with Gasteiger partial charge in [-0.15, -0.1) is 21.5 Å². The molecule has 0 aliphatic carbocycles. The summed E-state index contributed by atoms with van der Waals surface area (Å²) in [5.41, 5.74) is 0. The summed E-state index contributed by atoms with van der Waals surface area (Å²) in [7, 11) is -2.30. The van der Waals surface area contributed by atoms with E-state index in [1.807, 2.05) is 0 Å². The van der Waals surface area contributed by atoms with Crippen LogP contribution in [0.4, 0.5) is 5.13 Å². The number of nitrogens with one attached hydrogen (secondary N) is 1. The lowest BCUT2D eigenvalue weighted by Gasteiger charge is -2.12. The summed E-state index contributed by atoms with van der Waals surface area (Å²) in [4.78, 5) is 14.9. The summed E-state index contributed by atoms with van der Waals surface area (Å²) in [6, 6.07) is 0. The van der Waals surface area contributed by atoms with Crippen LogP contribution in [0.3, 0.4) is 0 Å². The molecule has 20 heavy (non-hydrogen) atoms. The highest BCUT2D eigenvalue weighted by Gasteiger charge is 2.26. The first-order valence-corrected chi connectivity index (χ1v) is 8.49. The number of hydrogen-bond donors (Lipinski definition) is 1. The standard InChI is InChI=1S/C9H11N5O3S3/c1-6(15)11-8-12-13-9(19-8)20(16,17)14(2)5-7-10-3-4-18-7/h3-4H,5H2,1-2H3,(H,11,12,15). The predicted octanol–water partition coefficient (Wildman–Crippen LogP) is 0.774. The van der Waals surface area contributed by atoms with Crippen LogP contribution in [0.1, 0.15) is 11.9 Å². The Bertz CT molecular complexity index is 694. The van der Waals surface area contributed by atoms with Crippen molar-refractivity contribution in [1.29, 1.82) is 0 Å². The number of thiazole rings is 1. The molecule has 0 saturated heterocycles. The molecule has 2 heterocycles. The van der Waals surface area contributed by atoms with E-state index >= 15 is 0 Å². The Hall–Kier alpha value is -1.43. The molecule has 11 heteroatoms. The topological polar surface area (TPSA) is 105 Å². The van der Waals surface area contributed by atoms with Gasteiger partial charge in [-0.3, -0.25) is 4.79 Å². The average Bonchev–Trinajstić information content (AvgIpc) is 2.99. The molecule has 108 valence electrons. The van der Waals surface area contributed by atoms with Crippen molar-refractivity contribution in [3.05, 3.63) is 16.6 Å². The first kappa shape index (κ1) is 15.0. The van der Waals surface area contributed by atoms with Crippen LogP contribution in [-0.4, -0.2) is 40.9 Å². The van der Waals surface area contributed by atoms with Gasteiger partial charge in [-0.1, -0.05) is 11.3 Å². The molecule has 0 bridgehead atoms. The molecule has 2 aromatic heterocycles. The van der Waals surface area contributed by atoms with Gasteiger partial charge in [-0.2, -0.15) is 4.31 Å². The van der Waals surface area contributed by atoms with Crippen LogP contribution < -0.4 is 5.32 Å². The number of amides is 1. The van der Waals surface area contributed by atoms with Crippen LogP contribution in [0.2, 0.25) is 0 Å². The van der Waals surface area contributed by atoms with Gasteiger partial charge in [-0.25, -0.2) is 13.4 Å². The Morgan fingerprint density at radius 1 is 1.45 bits per heavy atom. The van der Waals surface area contributed by atoms with Gasteiger partial charge in [0, 0.05) is 25.5 Å². The van der Waals surface area contributed by atoms with Crippen molar-refractivity contribution < 1.29 is 13.2 Å². The fraction of sp³-hybridized carbons (Fsp3) is 0.333. The molecular formula is C9H11N5O3S3. The third-order valence-corrected chi connectivity index (χ3v) is 5.91. The molecule has 0 saturated carbocycles. The zero-order valence-corrected chi connectivity index (χ0v) is 13.0. The van der Waals surface area contributed by atoms with Crippen molar-refractivity contribution in [3.8, 4) is 0 Å². The van der Waals surface area contributed by atoms with Gasteiger partial charge < -0.3 is 5.32 Å². The molecular weight excluding hydrogens is 322 g/mol. The average molecular weight is 333 g/mol. The first-order chi connectivity index (χ1) is 9.39. The fourth-order valence-corrected chi connectivity index (χ4v) is 4.27. The second-order valence-electron chi connectivity index (χ2n) is 3.74. The monoisotopic (exact) mass is 333 g/mol. The molecule has 0 atom stereocenters. The van der Waals surface area contributed by atoms with Crippen molar-refractivity contribution in [2.24, 2.45) is 0 Å². The van der Waals surface area contributed by atoms with Crippen molar-refractivity contribution in [3.63, 3.8) is 0 Å². The van der Waals surface area contributed by atoms with Gasteiger partial charge in [0.1, 0.15) is 5.01 Å². The molecule has 0 aromatic carbocycles. The second-order valence-corrected chi connectivity index (χ2v) is 7.92. The van der Waals surface area contributed by atoms with E-state index in [1.165, 1.54) is 25.3 Å². The van der Waals surface area contributed by atoms with Crippen LogP contribution in [0, 0.1) is 0 Å². The summed E-state index contributed by atoms with van der Waals surface area (Å²) in [6.07, 6.45) is 1.61. The van der Waals surface area contributed by atoms with Crippen molar-refractivity contribution in [2.45, 2.75) is 17.8 Å². The second kappa shape index (κ2) is 5.91. The summed E-state index contributed by atoms with van der Waals surface area (Å²) in [6.45, 7) is 1.47. The van der Waals surface area contributed by atoms with Gasteiger partial charge >= 0.3 is 0 Å². The zero-order chi connectivity index (χ0) is 14.8. The smallest absolute Gasteiger partial charge is 0.272 e. The van der Waals surface area contributed by atoms with Crippen molar-refractivity contribution in [1.82, 2.24) is 19.5 Å². The minimum absolute atomic E-state index is 0.152. The molecule has 0 aliphatic rings. The number of carbonyl (C=O) groups excluding carboxylic acids is 1. The third-order valence-electron chi connectivity index (χ3n) is 2.16. The van der Waals surface area contributed by atoms with Crippen molar-refractivity contribution >= 4 is 43.7 Å². The Kier molecular flexibility index (Phi) is 4.42. The number of anilines is 1. The SMILES string of the molecule is CC(=O)Nc1nnc(S(=O)(=O)N(C)Cc2nccs2)s1. The largest absolute Gasteiger partial charge is 0.301 e. The van der Waals surface area contributed by atoms with E-state index in [0.717, 1.165) is 15.6 Å². The minimum atomic E-state index is -3.74. The normalized spacial score (nSPS) is 11.8. The number of nitrogens with zero attached hydrogens (tertiary/aromatic N) is 4. The Morgan fingerprint density at radius 2 is 2.20 bits per heavy atom. The molecule has 1 amide bonds. The van der Waals surface area contributed by atoms with E-state index in [1.54, 1.807) is 11.6 Å². The molecule has 0 aliphatic heterocycles. The van der Waals surface area contributed by atoms with Crippen LogP contribution >= 0.6 is 22.7 Å². The van der Waals surface area contributed by atoms with Gasteiger partial charge in [0.2, 0.25) is 15.4 Å². The first-order valence-electron chi connectivity index (χ1n) is 5.35. The Morgan fingerprint density at radius 3 is 2.80 bits per heavy atom. The number of sulfonamides is 1. The fourth-order valence-electron chi connectivity index (χ4n) is 1.25. The molecule has 0 spiro atoms. The van der Waals surface area contributed by atoms with Gasteiger partial charge in [-0.05, 0) is 0 Å². The van der Waals surface area contributed by atoms with Crippen LogP contribution in [0.5, 0.6) is 0 Å². The highest BCUT2D eigenvalue weighted by molar-refractivity contribution is 7.91. The minimum Gasteiger partial charge on any atom is -0.301 e. The van der Waals surface area contributed by atoms with Crippen LogP contribution in [0.25, 0.3) is 0 Å². The zero-order valence-electron chi connectivity index (χ0n) is 10.6. The van der Waals surface area contributed by atoms with E-state index in [9.17, 15) is 13.2 Å². The molecule has 0 radical (unpaired) electrons. The molecule has 2 aromatic rings. The highest BCUT2D eigenvalue weighted by Crippen LogP contribution is 2.23. The molecule has 0 fully saturated rings. The van der Waals surface area contributed by atoms with E-state index in [-0.39, 0.29) is 21.9 Å². The molecule has 1 N–H and O–H groups in total. The number of carbonyl (C=O) groups is 1. The molecule has 8 nitrogen and oxygen atoms in total. The summed E-state index contributed by atoms with van der Waals surface area (Å²) >= 11 is 2.18. The molecule has 2 rings (SSSR count). The lowest BCUT2D eigenvalue weighted by Crippen LogP contribution is -2.26. The maximum atomic E-state index is 12.3. The van der Waals surface area contributed by atoms with Crippen LogP contribution in [0.15, 0.2) is 15.9 Å². The van der Waals surface area contributed by atoms with E-state index in [4.69, 9.17) is 0 Å².